The normalized spacial score (nSPS) is 24.3. The zero-order valence-corrected chi connectivity index (χ0v) is 10.9. The van der Waals surface area contributed by atoms with Gasteiger partial charge in [-0.15, -0.1) is 0 Å². The van der Waals surface area contributed by atoms with Gasteiger partial charge in [-0.05, 0) is 51.7 Å². The van der Waals surface area contributed by atoms with E-state index in [1.54, 1.807) is 0 Å². The SMILES string of the molecule is CC1(C#N)CCN(CCC2CN(C(=O)O)C2)CC1. The number of rotatable bonds is 3. The standard InChI is InChI=1S/C13H21N3O2/c1-13(10-14)3-6-15(7-4-13)5-2-11-8-16(9-11)12(17)18/h11H,2-9H2,1H3,(H,17,18). The molecule has 0 aliphatic carbocycles. The summed E-state index contributed by atoms with van der Waals surface area (Å²) in [6, 6.07) is 2.41. The predicted molar refractivity (Wildman–Crippen MR) is 67.1 cm³/mol. The molecule has 2 saturated heterocycles. The van der Waals surface area contributed by atoms with Crippen LogP contribution in [0.3, 0.4) is 0 Å². The molecule has 0 aromatic heterocycles. The van der Waals surface area contributed by atoms with Crippen LogP contribution in [0, 0.1) is 22.7 Å². The minimum Gasteiger partial charge on any atom is -0.465 e. The fraction of sp³-hybridized carbons (Fsp3) is 0.846. The van der Waals surface area contributed by atoms with Crippen LogP contribution in [0.1, 0.15) is 26.2 Å². The van der Waals surface area contributed by atoms with Gasteiger partial charge < -0.3 is 14.9 Å². The van der Waals surface area contributed by atoms with Gasteiger partial charge >= 0.3 is 6.09 Å². The molecular formula is C13H21N3O2. The van der Waals surface area contributed by atoms with Gasteiger partial charge in [0, 0.05) is 13.1 Å². The zero-order chi connectivity index (χ0) is 13.2. The first-order valence-corrected chi connectivity index (χ1v) is 6.64. The molecule has 100 valence electrons. The summed E-state index contributed by atoms with van der Waals surface area (Å²) in [4.78, 5) is 14.5. The third-order valence-corrected chi connectivity index (χ3v) is 4.31. The largest absolute Gasteiger partial charge is 0.465 e. The van der Waals surface area contributed by atoms with E-state index in [9.17, 15) is 4.79 Å². The van der Waals surface area contributed by atoms with Gasteiger partial charge in [-0.25, -0.2) is 4.79 Å². The molecule has 0 aromatic rings. The second-order valence-electron chi connectivity index (χ2n) is 5.86. The van der Waals surface area contributed by atoms with Gasteiger partial charge in [0.15, 0.2) is 0 Å². The molecule has 0 unspecified atom stereocenters. The molecule has 2 aliphatic heterocycles. The molecule has 0 spiro atoms. The van der Waals surface area contributed by atoms with Crippen molar-refractivity contribution < 1.29 is 9.90 Å². The molecule has 2 aliphatic rings. The van der Waals surface area contributed by atoms with E-state index in [0.717, 1.165) is 38.9 Å². The van der Waals surface area contributed by atoms with E-state index in [0.29, 0.717) is 19.0 Å². The van der Waals surface area contributed by atoms with Crippen molar-refractivity contribution in [1.29, 1.82) is 5.26 Å². The van der Waals surface area contributed by atoms with E-state index >= 15 is 0 Å². The van der Waals surface area contributed by atoms with Crippen LogP contribution < -0.4 is 0 Å². The zero-order valence-electron chi connectivity index (χ0n) is 10.9. The Hall–Kier alpha value is -1.28. The Morgan fingerprint density at radius 1 is 1.44 bits per heavy atom. The van der Waals surface area contributed by atoms with Crippen LogP contribution in [0.15, 0.2) is 0 Å². The Kier molecular flexibility index (Phi) is 3.76. The smallest absolute Gasteiger partial charge is 0.407 e. The Bertz CT molecular complexity index is 350. The van der Waals surface area contributed by atoms with Crippen molar-refractivity contribution in [3.63, 3.8) is 0 Å². The van der Waals surface area contributed by atoms with E-state index in [-0.39, 0.29) is 5.41 Å². The first-order valence-electron chi connectivity index (χ1n) is 6.64. The van der Waals surface area contributed by atoms with Crippen LogP contribution in [0.4, 0.5) is 4.79 Å². The number of amides is 1. The molecule has 2 heterocycles. The van der Waals surface area contributed by atoms with E-state index < -0.39 is 6.09 Å². The third kappa shape index (κ3) is 2.94. The maximum atomic E-state index is 10.6. The molecule has 18 heavy (non-hydrogen) atoms. The van der Waals surface area contributed by atoms with Gasteiger partial charge in [0.2, 0.25) is 0 Å². The number of carbonyl (C=O) groups is 1. The fourth-order valence-corrected chi connectivity index (χ4v) is 2.66. The summed E-state index contributed by atoms with van der Waals surface area (Å²) in [6.07, 6.45) is 2.19. The highest BCUT2D eigenvalue weighted by molar-refractivity contribution is 5.65. The second kappa shape index (κ2) is 5.15. The first-order chi connectivity index (χ1) is 8.52. The predicted octanol–water partition coefficient (Wildman–Crippen LogP) is 1.61. The van der Waals surface area contributed by atoms with Crippen molar-refractivity contribution in [2.45, 2.75) is 26.2 Å². The van der Waals surface area contributed by atoms with Crippen LogP contribution in [0.5, 0.6) is 0 Å². The lowest BCUT2D eigenvalue weighted by Crippen LogP contribution is -2.50. The number of likely N-dealkylation sites (tertiary alicyclic amines) is 2. The van der Waals surface area contributed by atoms with Crippen LogP contribution >= 0.6 is 0 Å². The lowest BCUT2D eigenvalue weighted by molar-refractivity contribution is 0.0678. The van der Waals surface area contributed by atoms with Crippen molar-refractivity contribution in [2.75, 3.05) is 32.7 Å². The average molecular weight is 251 g/mol. The summed E-state index contributed by atoms with van der Waals surface area (Å²) in [5.41, 5.74) is -0.132. The molecule has 1 N–H and O–H groups in total. The van der Waals surface area contributed by atoms with Gasteiger partial charge in [0.05, 0.1) is 11.5 Å². The summed E-state index contributed by atoms with van der Waals surface area (Å²) in [5.74, 6) is 0.533. The topological polar surface area (TPSA) is 67.6 Å². The lowest BCUT2D eigenvalue weighted by Gasteiger charge is -2.40. The Morgan fingerprint density at radius 2 is 2.06 bits per heavy atom. The molecule has 0 atom stereocenters. The van der Waals surface area contributed by atoms with Crippen LogP contribution in [0.25, 0.3) is 0 Å². The average Bonchev–Trinajstić information content (AvgIpc) is 2.29. The number of carboxylic acid groups (broad SMARTS) is 1. The number of piperidine rings is 1. The van der Waals surface area contributed by atoms with Gasteiger partial charge in [0.1, 0.15) is 0 Å². The Labute approximate surface area is 108 Å². The van der Waals surface area contributed by atoms with Gasteiger partial charge in [-0.1, -0.05) is 0 Å². The Balaban J connectivity index is 1.62. The monoisotopic (exact) mass is 251 g/mol. The summed E-state index contributed by atoms with van der Waals surface area (Å²) >= 11 is 0. The lowest BCUT2D eigenvalue weighted by atomic mass is 9.82. The number of nitriles is 1. The highest BCUT2D eigenvalue weighted by Crippen LogP contribution is 2.30. The first kappa shape index (κ1) is 13.2. The highest BCUT2D eigenvalue weighted by Gasteiger charge is 2.32. The van der Waals surface area contributed by atoms with Gasteiger partial charge in [-0.2, -0.15) is 5.26 Å². The van der Waals surface area contributed by atoms with Crippen molar-refractivity contribution >= 4 is 6.09 Å². The number of hydrogen-bond donors (Lipinski definition) is 1. The minimum atomic E-state index is -0.797. The molecule has 5 nitrogen and oxygen atoms in total. The van der Waals surface area contributed by atoms with Crippen molar-refractivity contribution in [2.24, 2.45) is 11.3 Å². The summed E-state index contributed by atoms with van der Waals surface area (Å²) in [7, 11) is 0. The minimum absolute atomic E-state index is 0.132. The van der Waals surface area contributed by atoms with Crippen molar-refractivity contribution in [1.82, 2.24) is 9.80 Å². The van der Waals surface area contributed by atoms with Gasteiger partial charge in [-0.3, -0.25) is 0 Å². The summed E-state index contributed by atoms with van der Waals surface area (Å²) in [6.45, 7) is 6.47. The van der Waals surface area contributed by atoms with Crippen molar-refractivity contribution in [3.05, 3.63) is 0 Å². The van der Waals surface area contributed by atoms with Crippen LogP contribution in [-0.4, -0.2) is 53.7 Å². The molecule has 0 radical (unpaired) electrons. The van der Waals surface area contributed by atoms with Crippen LogP contribution in [-0.2, 0) is 0 Å². The Morgan fingerprint density at radius 3 is 2.56 bits per heavy atom. The van der Waals surface area contributed by atoms with E-state index in [2.05, 4.69) is 11.0 Å². The fourth-order valence-electron chi connectivity index (χ4n) is 2.66. The second-order valence-corrected chi connectivity index (χ2v) is 5.86. The molecule has 2 rings (SSSR count). The molecule has 5 heteroatoms. The quantitative estimate of drug-likeness (QED) is 0.827. The van der Waals surface area contributed by atoms with E-state index in [1.165, 1.54) is 4.90 Å². The van der Waals surface area contributed by atoms with Gasteiger partial charge in [0.25, 0.3) is 0 Å². The molecule has 0 aromatic carbocycles. The third-order valence-electron chi connectivity index (χ3n) is 4.31. The number of nitrogens with zero attached hydrogens (tertiary/aromatic N) is 3. The maximum absolute atomic E-state index is 10.6. The molecule has 2 fully saturated rings. The molecule has 0 saturated carbocycles. The summed E-state index contributed by atoms with van der Waals surface area (Å²) < 4.78 is 0. The molecule has 1 amide bonds. The number of hydrogen-bond acceptors (Lipinski definition) is 3. The maximum Gasteiger partial charge on any atom is 0.407 e. The van der Waals surface area contributed by atoms with E-state index in [1.807, 2.05) is 6.92 Å². The van der Waals surface area contributed by atoms with E-state index in [4.69, 9.17) is 10.4 Å². The summed E-state index contributed by atoms with van der Waals surface area (Å²) in [5, 5.41) is 17.8. The molecule has 0 bridgehead atoms. The van der Waals surface area contributed by atoms with Crippen molar-refractivity contribution in [3.8, 4) is 6.07 Å². The molecular weight excluding hydrogens is 230 g/mol. The van der Waals surface area contributed by atoms with Crippen LogP contribution in [0.2, 0.25) is 0 Å². The highest BCUT2D eigenvalue weighted by atomic mass is 16.4.